The summed E-state index contributed by atoms with van der Waals surface area (Å²) >= 11 is 0. The van der Waals surface area contributed by atoms with E-state index in [1.165, 1.54) is 0 Å². The lowest BCUT2D eigenvalue weighted by molar-refractivity contribution is -0.129. The van der Waals surface area contributed by atoms with Crippen LogP contribution in [0.25, 0.3) is 0 Å². The molecule has 5 heteroatoms. The van der Waals surface area contributed by atoms with Crippen molar-refractivity contribution in [2.24, 2.45) is 5.73 Å². The van der Waals surface area contributed by atoms with Gasteiger partial charge < -0.3 is 15.8 Å². The molecule has 110 valence electrons. The molecule has 3 N–H and O–H groups in total. The fourth-order valence-corrected chi connectivity index (χ4v) is 2.78. The van der Waals surface area contributed by atoms with Gasteiger partial charge in [0.1, 0.15) is 5.75 Å². The summed E-state index contributed by atoms with van der Waals surface area (Å²) < 4.78 is 5.18. The Kier molecular flexibility index (Phi) is 4.62. The first-order valence-electron chi connectivity index (χ1n) is 6.97. The molecule has 3 atom stereocenters. The second-order valence-corrected chi connectivity index (χ2v) is 5.28. The van der Waals surface area contributed by atoms with E-state index in [9.17, 15) is 4.79 Å². The number of piperazine rings is 1. The molecule has 3 unspecified atom stereocenters. The van der Waals surface area contributed by atoms with E-state index >= 15 is 0 Å². The summed E-state index contributed by atoms with van der Waals surface area (Å²) in [7, 11) is 1.65. The van der Waals surface area contributed by atoms with Crippen LogP contribution in [-0.4, -0.2) is 43.1 Å². The number of methoxy groups -OCH3 is 1. The summed E-state index contributed by atoms with van der Waals surface area (Å²) in [5.41, 5.74) is 7.29. The maximum Gasteiger partial charge on any atom is 0.237 e. The molecule has 0 saturated carbocycles. The highest BCUT2D eigenvalue weighted by Gasteiger charge is 2.33. The number of hydrogen-bond donors (Lipinski definition) is 2. The summed E-state index contributed by atoms with van der Waals surface area (Å²) in [6.07, 6.45) is 0. The molecule has 5 nitrogen and oxygen atoms in total. The minimum absolute atomic E-state index is 0.0296. The predicted molar refractivity (Wildman–Crippen MR) is 78.6 cm³/mol. The van der Waals surface area contributed by atoms with Crippen LogP contribution in [0.2, 0.25) is 0 Å². The molecule has 1 aliphatic rings. The molecular formula is C15H23N3O2. The van der Waals surface area contributed by atoms with Gasteiger partial charge in [-0.2, -0.15) is 0 Å². The Morgan fingerprint density at radius 1 is 1.40 bits per heavy atom. The number of rotatable bonds is 4. The highest BCUT2D eigenvalue weighted by Crippen LogP contribution is 2.28. The van der Waals surface area contributed by atoms with Crippen molar-refractivity contribution in [3.8, 4) is 5.75 Å². The molecule has 1 fully saturated rings. The Morgan fingerprint density at radius 2 is 2.05 bits per heavy atom. The number of nitrogens with zero attached hydrogens (tertiary/aromatic N) is 1. The number of benzene rings is 1. The third-order valence-electron chi connectivity index (χ3n) is 3.86. The van der Waals surface area contributed by atoms with E-state index in [-0.39, 0.29) is 24.0 Å². The predicted octanol–water partition coefficient (Wildman–Crippen LogP) is 0.904. The van der Waals surface area contributed by atoms with Gasteiger partial charge >= 0.3 is 0 Å². The second kappa shape index (κ2) is 6.24. The molecular weight excluding hydrogens is 254 g/mol. The summed E-state index contributed by atoms with van der Waals surface area (Å²) in [5, 5.41) is 2.88. The van der Waals surface area contributed by atoms with Crippen molar-refractivity contribution >= 4 is 5.91 Å². The van der Waals surface area contributed by atoms with Crippen molar-refractivity contribution in [2.45, 2.75) is 32.0 Å². The Labute approximate surface area is 120 Å². The Bertz CT molecular complexity index is 459. The average Bonchev–Trinajstić information content (AvgIpc) is 2.44. The van der Waals surface area contributed by atoms with Gasteiger partial charge in [-0.25, -0.2) is 0 Å². The van der Waals surface area contributed by atoms with Crippen LogP contribution in [0.4, 0.5) is 0 Å². The van der Waals surface area contributed by atoms with E-state index in [1.54, 1.807) is 7.11 Å². The van der Waals surface area contributed by atoms with Crippen molar-refractivity contribution in [3.05, 3.63) is 29.8 Å². The van der Waals surface area contributed by atoms with Gasteiger partial charge in [0, 0.05) is 19.1 Å². The van der Waals surface area contributed by atoms with Crippen molar-refractivity contribution in [1.29, 1.82) is 0 Å². The van der Waals surface area contributed by atoms with Crippen molar-refractivity contribution in [1.82, 2.24) is 10.2 Å². The first-order chi connectivity index (χ1) is 9.54. The van der Waals surface area contributed by atoms with E-state index in [1.807, 2.05) is 38.1 Å². The van der Waals surface area contributed by atoms with Gasteiger partial charge in [-0.05, 0) is 31.5 Å². The lowest BCUT2D eigenvalue weighted by atomic mass is 9.96. The van der Waals surface area contributed by atoms with Crippen LogP contribution >= 0.6 is 0 Å². The third kappa shape index (κ3) is 2.94. The first kappa shape index (κ1) is 14.8. The van der Waals surface area contributed by atoms with E-state index < -0.39 is 0 Å². The molecule has 0 spiro atoms. The van der Waals surface area contributed by atoms with E-state index in [0.717, 1.165) is 17.9 Å². The molecule has 1 heterocycles. The normalized spacial score (nSPS) is 23.0. The van der Waals surface area contributed by atoms with Crippen LogP contribution in [0.5, 0.6) is 5.75 Å². The summed E-state index contributed by atoms with van der Waals surface area (Å²) in [6.45, 7) is 5.38. The van der Waals surface area contributed by atoms with Gasteiger partial charge in [0.15, 0.2) is 0 Å². The Hall–Kier alpha value is -1.59. The number of nitrogens with one attached hydrogen (secondary N) is 1. The summed E-state index contributed by atoms with van der Waals surface area (Å²) in [6, 6.07) is 7.71. The van der Waals surface area contributed by atoms with Crippen LogP contribution in [0.1, 0.15) is 25.5 Å². The number of carbonyl (C=O) groups is 1. The Balaban J connectivity index is 2.27. The van der Waals surface area contributed by atoms with Crippen LogP contribution < -0.4 is 15.8 Å². The molecule has 0 radical (unpaired) electrons. The van der Waals surface area contributed by atoms with Crippen LogP contribution in [0, 0.1) is 0 Å². The molecule has 20 heavy (non-hydrogen) atoms. The van der Waals surface area contributed by atoms with Gasteiger partial charge in [-0.1, -0.05) is 12.1 Å². The summed E-state index contributed by atoms with van der Waals surface area (Å²) in [5.74, 6) is 0.886. The van der Waals surface area contributed by atoms with Crippen molar-refractivity contribution in [3.63, 3.8) is 0 Å². The number of ether oxygens (including phenoxy) is 1. The highest BCUT2D eigenvalue weighted by atomic mass is 16.5. The lowest BCUT2D eigenvalue weighted by Gasteiger charge is -2.41. The van der Waals surface area contributed by atoms with Crippen LogP contribution in [0.15, 0.2) is 24.3 Å². The minimum Gasteiger partial charge on any atom is -0.497 e. The Morgan fingerprint density at radius 3 is 2.60 bits per heavy atom. The molecule has 2 rings (SSSR count). The smallest absolute Gasteiger partial charge is 0.237 e. The molecule has 0 aliphatic carbocycles. The van der Waals surface area contributed by atoms with Crippen molar-refractivity contribution < 1.29 is 9.53 Å². The topological polar surface area (TPSA) is 67.6 Å². The standard InChI is InChI=1S/C15H23N3O2/c1-10(16)14(12-4-6-13(20-3)7-5-12)18-9-8-17-15(19)11(18)2/h4-7,10-11,14H,8-9,16H2,1-3H3,(H,17,19). The quantitative estimate of drug-likeness (QED) is 0.858. The zero-order valence-electron chi connectivity index (χ0n) is 12.3. The molecule has 1 saturated heterocycles. The van der Waals surface area contributed by atoms with E-state index in [0.29, 0.717) is 6.54 Å². The van der Waals surface area contributed by atoms with Crippen molar-refractivity contribution in [2.75, 3.05) is 20.2 Å². The molecule has 1 aromatic carbocycles. The lowest BCUT2D eigenvalue weighted by Crippen LogP contribution is -2.57. The number of hydrogen-bond acceptors (Lipinski definition) is 4. The highest BCUT2D eigenvalue weighted by molar-refractivity contribution is 5.82. The molecule has 1 aliphatic heterocycles. The van der Waals surface area contributed by atoms with E-state index in [4.69, 9.17) is 10.5 Å². The second-order valence-electron chi connectivity index (χ2n) is 5.28. The monoisotopic (exact) mass is 277 g/mol. The zero-order chi connectivity index (χ0) is 14.7. The van der Waals surface area contributed by atoms with Gasteiger partial charge in [0.25, 0.3) is 0 Å². The minimum atomic E-state index is -0.165. The number of carbonyl (C=O) groups excluding carboxylic acids is 1. The van der Waals surface area contributed by atoms with Gasteiger partial charge in [0.05, 0.1) is 19.2 Å². The maximum atomic E-state index is 11.8. The molecule has 1 amide bonds. The van der Waals surface area contributed by atoms with Gasteiger partial charge in [0.2, 0.25) is 5.91 Å². The third-order valence-corrected chi connectivity index (χ3v) is 3.86. The van der Waals surface area contributed by atoms with Crippen LogP contribution in [-0.2, 0) is 4.79 Å². The number of nitrogens with two attached hydrogens (primary N) is 1. The fraction of sp³-hybridized carbons (Fsp3) is 0.533. The van der Waals surface area contributed by atoms with E-state index in [2.05, 4.69) is 10.2 Å². The molecule has 1 aromatic rings. The van der Waals surface area contributed by atoms with Gasteiger partial charge in [-0.15, -0.1) is 0 Å². The average molecular weight is 277 g/mol. The number of amides is 1. The largest absolute Gasteiger partial charge is 0.497 e. The summed E-state index contributed by atoms with van der Waals surface area (Å²) in [4.78, 5) is 14.0. The fourth-order valence-electron chi connectivity index (χ4n) is 2.78. The maximum absolute atomic E-state index is 11.8. The molecule has 0 bridgehead atoms. The first-order valence-corrected chi connectivity index (χ1v) is 6.97. The van der Waals surface area contributed by atoms with Crippen LogP contribution in [0.3, 0.4) is 0 Å². The molecule has 0 aromatic heterocycles. The van der Waals surface area contributed by atoms with Gasteiger partial charge in [-0.3, -0.25) is 9.69 Å². The SMILES string of the molecule is COc1ccc(C(C(C)N)N2CCNC(=O)C2C)cc1. The zero-order valence-corrected chi connectivity index (χ0v) is 12.3.